The second-order valence-electron chi connectivity index (χ2n) is 2.48. The molecule has 0 fully saturated rings. The van der Waals surface area contributed by atoms with E-state index >= 15 is 0 Å². The SMILES string of the molecule is CC(C)[C@@H](C=NO)NC(=O)O. The number of nitrogens with zero attached hydrogens (tertiary/aromatic N) is 1. The summed E-state index contributed by atoms with van der Waals surface area (Å²) in [5.41, 5.74) is 0. The van der Waals surface area contributed by atoms with Crippen LogP contribution in [0.2, 0.25) is 0 Å². The van der Waals surface area contributed by atoms with E-state index < -0.39 is 12.1 Å². The minimum Gasteiger partial charge on any atom is -0.465 e. The summed E-state index contributed by atoms with van der Waals surface area (Å²) in [6.07, 6.45) is 0.0299. The summed E-state index contributed by atoms with van der Waals surface area (Å²) in [5, 5.41) is 21.4. The van der Waals surface area contributed by atoms with Crippen LogP contribution in [0.25, 0.3) is 0 Å². The molecule has 0 radical (unpaired) electrons. The van der Waals surface area contributed by atoms with Crippen molar-refractivity contribution >= 4 is 12.3 Å². The van der Waals surface area contributed by atoms with Gasteiger partial charge in [0.25, 0.3) is 0 Å². The summed E-state index contributed by atoms with van der Waals surface area (Å²) in [6, 6.07) is -0.433. The molecule has 0 aliphatic carbocycles. The monoisotopic (exact) mass is 160 g/mol. The lowest BCUT2D eigenvalue weighted by Gasteiger charge is -2.14. The molecule has 0 unspecified atom stereocenters. The molecular weight excluding hydrogens is 148 g/mol. The lowest BCUT2D eigenvalue weighted by molar-refractivity contribution is 0.190. The lowest BCUT2D eigenvalue weighted by atomic mass is 10.1. The van der Waals surface area contributed by atoms with Gasteiger partial charge in [-0.3, -0.25) is 0 Å². The van der Waals surface area contributed by atoms with E-state index in [0.29, 0.717) is 0 Å². The van der Waals surface area contributed by atoms with Crippen LogP contribution >= 0.6 is 0 Å². The van der Waals surface area contributed by atoms with Crippen LogP contribution in [0.3, 0.4) is 0 Å². The van der Waals surface area contributed by atoms with Crippen LogP contribution in [0.4, 0.5) is 4.79 Å². The molecule has 0 spiro atoms. The highest BCUT2D eigenvalue weighted by Crippen LogP contribution is 1.98. The standard InChI is InChI=1S/C6H12N2O3/c1-4(2)5(3-7-11)8-6(9)10/h3-5,8,11H,1-2H3,(H,9,10)/t5-/m1/s1. The zero-order valence-electron chi connectivity index (χ0n) is 6.48. The number of hydrogen-bond acceptors (Lipinski definition) is 3. The van der Waals surface area contributed by atoms with Crippen molar-refractivity contribution in [3.63, 3.8) is 0 Å². The zero-order chi connectivity index (χ0) is 8.85. The predicted molar refractivity (Wildman–Crippen MR) is 40.1 cm³/mol. The Morgan fingerprint density at radius 2 is 2.18 bits per heavy atom. The molecule has 5 nitrogen and oxygen atoms in total. The van der Waals surface area contributed by atoms with E-state index in [0.717, 1.165) is 6.21 Å². The fourth-order valence-electron chi connectivity index (χ4n) is 0.590. The van der Waals surface area contributed by atoms with Gasteiger partial charge in [-0.2, -0.15) is 0 Å². The second kappa shape index (κ2) is 4.54. The normalized spacial score (nSPS) is 13.7. The molecule has 64 valence electrons. The van der Waals surface area contributed by atoms with Crippen molar-refractivity contribution in [2.24, 2.45) is 11.1 Å². The summed E-state index contributed by atoms with van der Waals surface area (Å²) in [4.78, 5) is 10.1. The van der Waals surface area contributed by atoms with Gasteiger partial charge in [0, 0.05) is 0 Å². The van der Waals surface area contributed by atoms with Gasteiger partial charge < -0.3 is 15.6 Å². The molecule has 0 aromatic rings. The molecule has 1 amide bonds. The van der Waals surface area contributed by atoms with Gasteiger partial charge in [0.2, 0.25) is 0 Å². The van der Waals surface area contributed by atoms with E-state index in [4.69, 9.17) is 10.3 Å². The quantitative estimate of drug-likeness (QED) is 0.323. The van der Waals surface area contributed by atoms with E-state index in [9.17, 15) is 4.79 Å². The number of oxime groups is 1. The van der Waals surface area contributed by atoms with Gasteiger partial charge in [0.1, 0.15) is 0 Å². The number of amides is 1. The number of rotatable bonds is 3. The van der Waals surface area contributed by atoms with Crippen molar-refractivity contribution in [3.8, 4) is 0 Å². The minimum atomic E-state index is -1.12. The molecular formula is C6H12N2O3. The third kappa shape index (κ3) is 4.19. The number of carbonyl (C=O) groups is 1. The Morgan fingerprint density at radius 3 is 2.45 bits per heavy atom. The van der Waals surface area contributed by atoms with Gasteiger partial charge in [-0.05, 0) is 5.92 Å². The largest absolute Gasteiger partial charge is 0.465 e. The Kier molecular flexibility index (Phi) is 4.02. The predicted octanol–water partition coefficient (Wildman–Crippen LogP) is 0.739. The fourth-order valence-corrected chi connectivity index (χ4v) is 0.590. The number of nitrogens with one attached hydrogen (secondary N) is 1. The third-order valence-corrected chi connectivity index (χ3v) is 1.24. The maximum Gasteiger partial charge on any atom is 0.405 e. The molecule has 0 saturated heterocycles. The Balaban J connectivity index is 4.00. The summed E-state index contributed by atoms with van der Waals surface area (Å²) in [7, 11) is 0. The highest BCUT2D eigenvalue weighted by atomic mass is 16.4. The molecule has 0 aromatic heterocycles. The topological polar surface area (TPSA) is 81.9 Å². The molecule has 11 heavy (non-hydrogen) atoms. The Labute approximate surface area is 64.7 Å². The van der Waals surface area contributed by atoms with E-state index in [1.165, 1.54) is 0 Å². The molecule has 5 heteroatoms. The van der Waals surface area contributed by atoms with Crippen molar-refractivity contribution in [1.82, 2.24) is 5.32 Å². The first-order chi connectivity index (χ1) is 5.07. The average Bonchev–Trinajstić information content (AvgIpc) is 1.86. The second-order valence-corrected chi connectivity index (χ2v) is 2.48. The summed E-state index contributed by atoms with van der Waals surface area (Å²) in [5.74, 6) is 0.0713. The highest BCUT2D eigenvalue weighted by molar-refractivity contribution is 5.73. The molecule has 0 bridgehead atoms. The van der Waals surface area contributed by atoms with E-state index in [2.05, 4.69) is 10.5 Å². The van der Waals surface area contributed by atoms with E-state index in [1.54, 1.807) is 0 Å². The maximum absolute atomic E-state index is 10.1. The Morgan fingerprint density at radius 1 is 1.64 bits per heavy atom. The lowest BCUT2D eigenvalue weighted by Crippen LogP contribution is -2.38. The van der Waals surface area contributed by atoms with Crippen molar-refractivity contribution in [1.29, 1.82) is 0 Å². The molecule has 0 aliphatic rings. The van der Waals surface area contributed by atoms with Gasteiger partial charge in [-0.1, -0.05) is 19.0 Å². The molecule has 0 saturated carbocycles. The zero-order valence-corrected chi connectivity index (χ0v) is 6.48. The van der Waals surface area contributed by atoms with Crippen LogP contribution in [-0.2, 0) is 0 Å². The first-order valence-electron chi connectivity index (χ1n) is 3.25. The van der Waals surface area contributed by atoms with Crippen molar-refractivity contribution < 1.29 is 15.1 Å². The molecule has 0 aromatic carbocycles. The van der Waals surface area contributed by atoms with Gasteiger partial charge in [0.05, 0.1) is 12.3 Å². The number of carboxylic acid groups (broad SMARTS) is 1. The fraction of sp³-hybridized carbons (Fsp3) is 0.667. The van der Waals surface area contributed by atoms with E-state index in [-0.39, 0.29) is 5.92 Å². The van der Waals surface area contributed by atoms with Gasteiger partial charge in [-0.25, -0.2) is 4.79 Å². The van der Waals surface area contributed by atoms with Crippen LogP contribution in [0.15, 0.2) is 5.16 Å². The molecule has 0 heterocycles. The maximum atomic E-state index is 10.1. The first kappa shape index (κ1) is 9.74. The van der Waals surface area contributed by atoms with Crippen molar-refractivity contribution in [2.45, 2.75) is 19.9 Å². The molecule has 0 rings (SSSR count). The first-order valence-corrected chi connectivity index (χ1v) is 3.25. The summed E-state index contributed by atoms with van der Waals surface area (Å²) in [6.45, 7) is 3.64. The molecule has 0 aliphatic heterocycles. The van der Waals surface area contributed by atoms with Crippen molar-refractivity contribution in [3.05, 3.63) is 0 Å². The van der Waals surface area contributed by atoms with Crippen molar-refractivity contribution in [2.75, 3.05) is 0 Å². The van der Waals surface area contributed by atoms with E-state index in [1.807, 2.05) is 13.8 Å². The van der Waals surface area contributed by atoms with Crippen LogP contribution in [-0.4, -0.2) is 28.7 Å². The van der Waals surface area contributed by atoms with Crippen LogP contribution < -0.4 is 5.32 Å². The van der Waals surface area contributed by atoms with Crippen LogP contribution in [0, 0.1) is 5.92 Å². The molecule has 1 atom stereocenters. The number of hydrogen-bond donors (Lipinski definition) is 3. The smallest absolute Gasteiger partial charge is 0.405 e. The van der Waals surface area contributed by atoms with Crippen LogP contribution in [0.5, 0.6) is 0 Å². The van der Waals surface area contributed by atoms with Gasteiger partial charge in [0.15, 0.2) is 0 Å². The van der Waals surface area contributed by atoms with Gasteiger partial charge in [-0.15, -0.1) is 0 Å². The van der Waals surface area contributed by atoms with Crippen LogP contribution in [0.1, 0.15) is 13.8 Å². The summed E-state index contributed by atoms with van der Waals surface area (Å²) >= 11 is 0. The summed E-state index contributed by atoms with van der Waals surface area (Å²) < 4.78 is 0. The minimum absolute atomic E-state index is 0.0713. The third-order valence-electron chi connectivity index (χ3n) is 1.24. The Bertz CT molecular complexity index is 156. The Hall–Kier alpha value is -1.26. The average molecular weight is 160 g/mol. The van der Waals surface area contributed by atoms with Gasteiger partial charge >= 0.3 is 6.09 Å². The highest BCUT2D eigenvalue weighted by Gasteiger charge is 2.12. The molecule has 3 N–H and O–H groups in total.